The van der Waals surface area contributed by atoms with Crippen LogP contribution in [0.3, 0.4) is 0 Å². The minimum Gasteiger partial charge on any atom is -0.462 e. The van der Waals surface area contributed by atoms with Crippen LogP contribution in [0.15, 0.2) is 91.0 Å². The highest BCUT2D eigenvalue weighted by atomic mass is 32.1. The van der Waals surface area contributed by atoms with Crippen molar-refractivity contribution in [3.05, 3.63) is 125 Å². The van der Waals surface area contributed by atoms with Crippen LogP contribution in [0.4, 0.5) is 0 Å². The first-order valence-electron chi connectivity index (χ1n) is 15.6. The number of aryl methyl sites for hydroxylation is 3. The number of carbonyl (C=O) groups is 2. The Morgan fingerprint density at radius 3 is 2.18 bits per heavy atom. The third-order valence-electron chi connectivity index (χ3n) is 7.51. The Balaban J connectivity index is 0.000000580. The lowest BCUT2D eigenvalue weighted by atomic mass is 9.98. The molecule has 0 aliphatic rings. The lowest BCUT2D eigenvalue weighted by Gasteiger charge is -2.14. The quantitative estimate of drug-likeness (QED) is 0.125. The molecule has 0 saturated carbocycles. The summed E-state index contributed by atoms with van der Waals surface area (Å²) < 4.78 is 9.02. The van der Waals surface area contributed by atoms with Crippen molar-refractivity contribution in [3.63, 3.8) is 0 Å². The molecule has 5 aromatic rings. The van der Waals surface area contributed by atoms with Crippen molar-refractivity contribution in [1.29, 1.82) is 0 Å². The van der Waals surface area contributed by atoms with Crippen LogP contribution in [-0.4, -0.2) is 38.9 Å². The zero-order valence-electron chi connectivity index (χ0n) is 26.9. The number of hydrogen-bond acceptors (Lipinski definition) is 5. The van der Waals surface area contributed by atoms with E-state index in [9.17, 15) is 9.59 Å². The van der Waals surface area contributed by atoms with E-state index in [0.29, 0.717) is 30.8 Å². The number of nitrogens with zero attached hydrogens (tertiary/aromatic N) is 3. The molecular formula is C38H43N3O3S. The third-order valence-corrected chi connectivity index (χ3v) is 7.97. The molecule has 0 radical (unpaired) electrons. The Morgan fingerprint density at radius 1 is 0.867 bits per heavy atom. The summed E-state index contributed by atoms with van der Waals surface area (Å²) in [6.07, 6.45) is 2.60. The van der Waals surface area contributed by atoms with Gasteiger partial charge in [0.25, 0.3) is 5.91 Å². The summed E-state index contributed by atoms with van der Waals surface area (Å²) in [6, 6.07) is 29.9. The Morgan fingerprint density at radius 2 is 1.56 bits per heavy atom. The van der Waals surface area contributed by atoms with Gasteiger partial charge >= 0.3 is 5.97 Å². The maximum atomic E-state index is 12.9. The molecule has 0 spiro atoms. The summed E-state index contributed by atoms with van der Waals surface area (Å²) in [6.45, 7) is 11.7. The first-order chi connectivity index (χ1) is 21.8. The lowest BCUT2D eigenvalue weighted by Crippen LogP contribution is -2.21. The molecule has 5 rings (SSSR count). The predicted octanol–water partition coefficient (Wildman–Crippen LogP) is 8.88. The molecule has 0 fully saturated rings. The minimum absolute atomic E-state index is 0.119. The summed E-state index contributed by atoms with van der Waals surface area (Å²) in [5.74, 6) is 0.580. The van der Waals surface area contributed by atoms with Crippen molar-refractivity contribution in [2.45, 2.75) is 60.4 Å². The van der Waals surface area contributed by atoms with Gasteiger partial charge in [0.2, 0.25) is 0 Å². The van der Waals surface area contributed by atoms with Gasteiger partial charge in [0.05, 0.1) is 23.2 Å². The number of carbonyl (C=O) groups excluding carboxylic acids is 2. The molecule has 4 aromatic carbocycles. The minimum atomic E-state index is -0.302. The highest BCUT2D eigenvalue weighted by molar-refractivity contribution is 7.78. The molecule has 45 heavy (non-hydrogen) atoms. The highest BCUT2D eigenvalue weighted by Crippen LogP contribution is 2.28. The van der Waals surface area contributed by atoms with Gasteiger partial charge in [-0.1, -0.05) is 105 Å². The van der Waals surface area contributed by atoms with E-state index in [0.717, 1.165) is 58.4 Å². The van der Waals surface area contributed by atoms with E-state index in [1.54, 1.807) is 0 Å². The van der Waals surface area contributed by atoms with E-state index in [2.05, 4.69) is 55.5 Å². The molecule has 6 nitrogen and oxygen atoms in total. The fraction of sp³-hybridized carbons (Fsp3) is 0.289. The highest BCUT2D eigenvalue weighted by Gasteiger charge is 2.19. The van der Waals surface area contributed by atoms with Gasteiger partial charge in [0.15, 0.2) is 0 Å². The Bertz CT molecular complexity index is 1730. The second kappa shape index (κ2) is 16.1. The van der Waals surface area contributed by atoms with Crippen LogP contribution in [0.5, 0.6) is 0 Å². The number of imidazole rings is 1. The van der Waals surface area contributed by atoms with E-state index in [1.165, 1.54) is 9.87 Å². The standard InChI is InChI=1S/C31H35N3O3S.C7H8/c1-5-10-28-32-29-21(4)18-24(30(35)34(38)7-3)19-27(29)33(28)20-22-13-15-23(16-14-22)25-11-8-9-12-26(25)31(36)37-17-6-2;1-7-5-3-2-4-6-7/h8-9,11-16,18-19,38H,5-7,10,17,20H2,1-4H3;2-6H,1H3. The SMILES string of the molecule is CCCOC(=O)c1ccccc1-c1ccc(Cn2c(CCC)nc3c(C)cc(C(=O)N(S)CC)cc32)cc1.Cc1ccccc1. The zero-order valence-corrected chi connectivity index (χ0v) is 27.8. The molecule has 234 valence electrons. The first-order valence-corrected chi connectivity index (χ1v) is 16.0. The van der Waals surface area contributed by atoms with Crippen molar-refractivity contribution in [3.8, 4) is 11.1 Å². The Kier molecular flexibility index (Phi) is 12.0. The lowest BCUT2D eigenvalue weighted by molar-refractivity contribution is 0.0506. The summed E-state index contributed by atoms with van der Waals surface area (Å²) in [5, 5.41) is 0. The summed E-state index contributed by atoms with van der Waals surface area (Å²) >= 11 is 4.32. The van der Waals surface area contributed by atoms with Crippen molar-refractivity contribution in [1.82, 2.24) is 13.9 Å². The first kappa shape index (κ1) is 33.5. The van der Waals surface area contributed by atoms with E-state index in [1.807, 2.05) is 87.5 Å². The van der Waals surface area contributed by atoms with Crippen LogP contribution in [-0.2, 0) is 17.7 Å². The fourth-order valence-corrected chi connectivity index (χ4v) is 5.26. The van der Waals surface area contributed by atoms with E-state index < -0.39 is 0 Å². The van der Waals surface area contributed by atoms with Crippen LogP contribution in [0.1, 0.15) is 76.8 Å². The van der Waals surface area contributed by atoms with Gasteiger partial charge in [-0.15, -0.1) is 0 Å². The number of esters is 1. The summed E-state index contributed by atoms with van der Waals surface area (Å²) in [5.41, 5.74) is 8.26. The predicted molar refractivity (Wildman–Crippen MR) is 187 cm³/mol. The van der Waals surface area contributed by atoms with Gasteiger partial charge in [-0.25, -0.2) is 9.78 Å². The topological polar surface area (TPSA) is 64.4 Å². The zero-order chi connectivity index (χ0) is 32.3. The molecule has 0 aliphatic heterocycles. The molecule has 0 atom stereocenters. The van der Waals surface area contributed by atoms with Crippen molar-refractivity contribution in [2.75, 3.05) is 13.2 Å². The summed E-state index contributed by atoms with van der Waals surface area (Å²) in [4.78, 5) is 30.4. The molecule has 0 N–H and O–H groups in total. The third kappa shape index (κ3) is 8.43. The van der Waals surface area contributed by atoms with Crippen LogP contribution in [0.2, 0.25) is 0 Å². The van der Waals surface area contributed by atoms with Crippen LogP contribution in [0.25, 0.3) is 22.2 Å². The molecule has 7 heteroatoms. The van der Waals surface area contributed by atoms with E-state index in [-0.39, 0.29) is 11.9 Å². The van der Waals surface area contributed by atoms with Crippen molar-refractivity contribution in [2.24, 2.45) is 0 Å². The number of amides is 1. The second-order valence-electron chi connectivity index (χ2n) is 11.1. The fourth-order valence-electron chi connectivity index (χ4n) is 5.14. The normalized spacial score (nSPS) is 10.7. The average Bonchev–Trinajstić information content (AvgIpc) is 3.41. The van der Waals surface area contributed by atoms with Gasteiger partial charge in [0, 0.05) is 25.1 Å². The molecular weight excluding hydrogens is 579 g/mol. The molecule has 0 unspecified atom stereocenters. The Labute approximate surface area is 272 Å². The van der Waals surface area contributed by atoms with Gasteiger partial charge in [-0.05, 0) is 74.1 Å². The van der Waals surface area contributed by atoms with Crippen LogP contribution in [0, 0.1) is 13.8 Å². The largest absolute Gasteiger partial charge is 0.462 e. The van der Waals surface area contributed by atoms with Gasteiger partial charge in [-0.3, -0.25) is 9.10 Å². The van der Waals surface area contributed by atoms with E-state index in [4.69, 9.17) is 9.72 Å². The number of thiol groups is 1. The molecule has 0 bridgehead atoms. The van der Waals surface area contributed by atoms with Crippen LogP contribution >= 0.6 is 12.8 Å². The second-order valence-corrected chi connectivity index (χ2v) is 11.6. The van der Waals surface area contributed by atoms with Gasteiger partial charge in [-0.2, -0.15) is 0 Å². The molecule has 1 heterocycles. The number of rotatable bonds is 10. The van der Waals surface area contributed by atoms with Crippen LogP contribution < -0.4 is 0 Å². The number of ether oxygens (including phenoxy) is 1. The van der Waals surface area contributed by atoms with Crippen molar-refractivity contribution >= 4 is 35.7 Å². The number of fused-ring (bicyclic) bond motifs is 1. The molecule has 1 amide bonds. The van der Waals surface area contributed by atoms with Gasteiger partial charge in [0.1, 0.15) is 5.82 Å². The number of benzene rings is 4. The Hall–Kier alpha value is -4.36. The van der Waals surface area contributed by atoms with E-state index >= 15 is 0 Å². The monoisotopic (exact) mass is 621 g/mol. The number of hydrogen-bond donors (Lipinski definition) is 1. The summed E-state index contributed by atoms with van der Waals surface area (Å²) in [7, 11) is 0. The van der Waals surface area contributed by atoms with Gasteiger partial charge < -0.3 is 9.30 Å². The smallest absolute Gasteiger partial charge is 0.338 e. The van der Waals surface area contributed by atoms with Crippen molar-refractivity contribution < 1.29 is 14.3 Å². The maximum Gasteiger partial charge on any atom is 0.338 e. The average molecular weight is 622 g/mol. The molecule has 0 saturated heterocycles. The maximum absolute atomic E-state index is 12.9. The molecule has 1 aromatic heterocycles. The number of aromatic nitrogens is 2. The molecule has 0 aliphatic carbocycles.